The summed E-state index contributed by atoms with van der Waals surface area (Å²) in [6, 6.07) is 6.56. The Morgan fingerprint density at radius 2 is 1.95 bits per heavy atom. The second-order valence-electron chi connectivity index (χ2n) is 4.11. The van der Waals surface area contributed by atoms with Crippen LogP contribution < -0.4 is 5.73 Å². The summed E-state index contributed by atoms with van der Waals surface area (Å²) in [7, 11) is -0.409. The fraction of sp³-hybridized carbons (Fsp3) is 0.417. The minimum atomic E-state index is -3.47. The first kappa shape index (κ1) is 16.0. The van der Waals surface area contributed by atoms with E-state index in [0.717, 1.165) is 5.56 Å². The number of benzene rings is 1. The molecule has 0 amide bonds. The third-order valence-electron chi connectivity index (χ3n) is 2.62. The molecule has 0 unspecified atom stereocenters. The van der Waals surface area contributed by atoms with E-state index in [1.807, 2.05) is 0 Å². The van der Waals surface area contributed by atoms with Gasteiger partial charge in [-0.2, -0.15) is 4.31 Å². The van der Waals surface area contributed by atoms with Crippen molar-refractivity contribution >= 4 is 27.2 Å². The SMILES string of the molecule is COCCN(C)S(=O)(=O)c1ccc(CC(N)=S)cc1. The van der Waals surface area contributed by atoms with E-state index in [1.54, 1.807) is 24.3 Å². The van der Waals surface area contributed by atoms with Crippen molar-refractivity contribution in [2.24, 2.45) is 5.73 Å². The molecule has 7 heteroatoms. The summed E-state index contributed by atoms with van der Waals surface area (Å²) >= 11 is 4.81. The zero-order chi connectivity index (χ0) is 14.5. The Bertz CT molecular complexity index is 526. The molecular formula is C12H18N2O3S2. The molecule has 19 heavy (non-hydrogen) atoms. The van der Waals surface area contributed by atoms with Crippen LogP contribution in [-0.2, 0) is 21.2 Å². The predicted octanol–water partition coefficient (Wildman–Crippen LogP) is 0.782. The van der Waals surface area contributed by atoms with Crippen LogP contribution in [-0.4, -0.2) is 45.0 Å². The number of nitrogens with zero attached hydrogens (tertiary/aromatic N) is 1. The van der Waals surface area contributed by atoms with Crippen molar-refractivity contribution in [3.05, 3.63) is 29.8 Å². The lowest BCUT2D eigenvalue weighted by Gasteiger charge is -2.16. The van der Waals surface area contributed by atoms with Gasteiger partial charge in [0, 0.05) is 27.1 Å². The van der Waals surface area contributed by atoms with Crippen LogP contribution in [0.1, 0.15) is 5.56 Å². The maximum absolute atomic E-state index is 12.2. The monoisotopic (exact) mass is 302 g/mol. The van der Waals surface area contributed by atoms with Crippen LogP contribution >= 0.6 is 12.2 Å². The van der Waals surface area contributed by atoms with Crippen LogP contribution in [0, 0.1) is 0 Å². The molecule has 1 rings (SSSR count). The Morgan fingerprint density at radius 3 is 2.42 bits per heavy atom. The molecular weight excluding hydrogens is 284 g/mol. The van der Waals surface area contributed by atoms with Crippen LogP contribution in [0.4, 0.5) is 0 Å². The molecule has 0 aliphatic heterocycles. The average Bonchev–Trinajstić information content (AvgIpc) is 2.35. The lowest BCUT2D eigenvalue weighted by Crippen LogP contribution is -2.30. The Morgan fingerprint density at radius 1 is 1.37 bits per heavy atom. The van der Waals surface area contributed by atoms with Crippen molar-refractivity contribution in [2.75, 3.05) is 27.3 Å². The largest absolute Gasteiger partial charge is 0.393 e. The Balaban J connectivity index is 2.87. The summed E-state index contributed by atoms with van der Waals surface area (Å²) in [5.41, 5.74) is 6.34. The van der Waals surface area contributed by atoms with Gasteiger partial charge in [-0.15, -0.1) is 0 Å². The molecule has 0 spiro atoms. The highest BCUT2D eigenvalue weighted by Crippen LogP contribution is 2.15. The molecule has 0 radical (unpaired) electrons. The first-order chi connectivity index (χ1) is 8.87. The minimum absolute atomic E-state index is 0.248. The number of sulfonamides is 1. The maximum Gasteiger partial charge on any atom is 0.242 e. The summed E-state index contributed by atoms with van der Waals surface area (Å²) in [4.78, 5) is 0.630. The molecule has 0 aliphatic carbocycles. The Labute approximate surface area is 119 Å². The third-order valence-corrected chi connectivity index (χ3v) is 4.64. The molecule has 1 aromatic carbocycles. The summed E-state index contributed by atoms with van der Waals surface area (Å²) in [5, 5.41) is 0. The summed E-state index contributed by atoms with van der Waals surface area (Å²) in [6.45, 7) is 0.669. The highest BCUT2D eigenvalue weighted by Gasteiger charge is 2.20. The average molecular weight is 302 g/mol. The van der Waals surface area contributed by atoms with Crippen molar-refractivity contribution in [3.63, 3.8) is 0 Å². The second kappa shape index (κ2) is 6.95. The molecule has 5 nitrogen and oxygen atoms in total. The zero-order valence-electron chi connectivity index (χ0n) is 11.0. The third kappa shape index (κ3) is 4.54. The van der Waals surface area contributed by atoms with Gasteiger partial charge in [0.15, 0.2) is 0 Å². The van der Waals surface area contributed by atoms with E-state index in [-0.39, 0.29) is 4.90 Å². The highest BCUT2D eigenvalue weighted by molar-refractivity contribution is 7.89. The van der Waals surface area contributed by atoms with Crippen molar-refractivity contribution in [3.8, 4) is 0 Å². The van der Waals surface area contributed by atoms with E-state index in [0.29, 0.717) is 24.6 Å². The summed E-state index contributed by atoms with van der Waals surface area (Å²) < 4.78 is 30.5. The standard InChI is InChI=1S/C12H18N2O3S2/c1-14(7-8-17-2)19(15,16)11-5-3-10(4-6-11)9-12(13)18/h3-6H,7-9H2,1-2H3,(H2,13,18). The van der Waals surface area contributed by atoms with Gasteiger partial charge in [-0.05, 0) is 17.7 Å². The number of hydrogen-bond donors (Lipinski definition) is 1. The van der Waals surface area contributed by atoms with E-state index in [4.69, 9.17) is 22.7 Å². The zero-order valence-corrected chi connectivity index (χ0v) is 12.6. The van der Waals surface area contributed by atoms with E-state index < -0.39 is 10.0 Å². The molecule has 0 aliphatic rings. The van der Waals surface area contributed by atoms with Crippen molar-refractivity contribution in [1.82, 2.24) is 4.31 Å². The predicted molar refractivity (Wildman–Crippen MR) is 78.6 cm³/mol. The van der Waals surface area contributed by atoms with Crippen LogP contribution in [0.5, 0.6) is 0 Å². The number of hydrogen-bond acceptors (Lipinski definition) is 4. The van der Waals surface area contributed by atoms with Crippen molar-refractivity contribution < 1.29 is 13.2 Å². The number of methoxy groups -OCH3 is 1. The van der Waals surface area contributed by atoms with Gasteiger partial charge in [0.25, 0.3) is 0 Å². The molecule has 0 atom stereocenters. The van der Waals surface area contributed by atoms with E-state index in [9.17, 15) is 8.42 Å². The summed E-state index contributed by atoms with van der Waals surface area (Å²) in [6.07, 6.45) is 0.467. The van der Waals surface area contributed by atoms with Gasteiger partial charge in [-0.3, -0.25) is 0 Å². The number of ether oxygens (including phenoxy) is 1. The first-order valence-electron chi connectivity index (χ1n) is 5.70. The number of nitrogens with two attached hydrogens (primary N) is 1. The fourth-order valence-corrected chi connectivity index (χ4v) is 2.82. The molecule has 1 aromatic rings. The van der Waals surface area contributed by atoms with Gasteiger partial charge in [0.2, 0.25) is 10.0 Å². The molecule has 0 saturated carbocycles. The molecule has 0 saturated heterocycles. The fourth-order valence-electron chi connectivity index (χ4n) is 1.50. The molecule has 0 bridgehead atoms. The lowest BCUT2D eigenvalue weighted by atomic mass is 10.1. The number of likely N-dealkylation sites (N-methyl/N-ethyl adjacent to an activating group) is 1. The first-order valence-corrected chi connectivity index (χ1v) is 7.55. The van der Waals surface area contributed by atoms with Gasteiger partial charge in [0.05, 0.1) is 16.5 Å². The normalized spacial score (nSPS) is 11.7. The van der Waals surface area contributed by atoms with Gasteiger partial charge in [0.1, 0.15) is 0 Å². The van der Waals surface area contributed by atoms with E-state index in [1.165, 1.54) is 18.5 Å². The van der Waals surface area contributed by atoms with Gasteiger partial charge in [-0.1, -0.05) is 24.4 Å². The smallest absolute Gasteiger partial charge is 0.242 e. The minimum Gasteiger partial charge on any atom is -0.393 e. The van der Waals surface area contributed by atoms with Crippen LogP contribution in [0.3, 0.4) is 0 Å². The van der Waals surface area contributed by atoms with Crippen LogP contribution in [0.2, 0.25) is 0 Å². The summed E-state index contributed by atoms with van der Waals surface area (Å²) in [5.74, 6) is 0. The Hall–Kier alpha value is -1.02. The quantitative estimate of drug-likeness (QED) is 0.754. The van der Waals surface area contributed by atoms with Crippen LogP contribution in [0.15, 0.2) is 29.2 Å². The molecule has 0 heterocycles. The number of rotatable bonds is 7. The van der Waals surface area contributed by atoms with Gasteiger partial charge in [-0.25, -0.2) is 8.42 Å². The van der Waals surface area contributed by atoms with E-state index >= 15 is 0 Å². The maximum atomic E-state index is 12.2. The number of thiocarbonyl (C=S) groups is 1. The second-order valence-corrected chi connectivity index (χ2v) is 6.68. The van der Waals surface area contributed by atoms with Crippen molar-refractivity contribution in [2.45, 2.75) is 11.3 Å². The molecule has 2 N–H and O–H groups in total. The molecule has 0 aromatic heterocycles. The van der Waals surface area contributed by atoms with Crippen LogP contribution in [0.25, 0.3) is 0 Å². The topological polar surface area (TPSA) is 72.6 Å². The Kier molecular flexibility index (Phi) is 5.86. The van der Waals surface area contributed by atoms with E-state index in [2.05, 4.69) is 0 Å². The lowest BCUT2D eigenvalue weighted by molar-refractivity contribution is 0.185. The molecule has 0 fully saturated rings. The van der Waals surface area contributed by atoms with Gasteiger partial charge >= 0.3 is 0 Å². The molecule has 106 valence electrons. The van der Waals surface area contributed by atoms with Gasteiger partial charge < -0.3 is 10.5 Å². The van der Waals surface area contributed by atoms with Crippen molar-refractivity contribution in [1.29, 1.82) is 0 Å². The highest BCUT2D eigenvalue weighted by atomic mass is 32.2.